The van der Waals surface area contributed by atoms with Gasteiger partial charge in [0.25, 0.3) is 0 Å². The first kappa shape index (κ1) is 29.7. The molecule has 0 aromatic carbocycles. The zero-order chi connectivity index (χ0) is 19.0. The van der Waals surface area contributed by atoms with E-state index in [2.05, 4.69) is 6.92 Å². The van der Waals surface area contributed by atoms with Crippen molar-refractivity contribution in [3.8, 4) is 0 Å². The molecule has 0 rings (SSSR count). The monoisotopic (exact) mass is 416 g/mol. The zero-order valence-corrected chi connectivity index (χ0v) is 21.5. The maximum absolute atomic E-state index is 11.4. The van der Waals surface area contributed by atoms with E-state index in [0.717, 1.165) is 25.7 Å². The third-order valence-electron chi connectivity index (χ3n) is 5.00. The van der Waals surface area contributed by atoms with Gasteiger partial charge >= 0.3 is 51.4 Å². The van der Waals surface area contributed by atoms with E-state index < -0.39 is 21.5 Å². The van der Waals surface area contributed by atoms with Crippen molar-refractivity contribution in [3.05, 3.63) is 0 Å². The molecule has 6 heteroatoms. The van der Waals surface area contributed by atoms with Gasteiger partial charge in [0.05, 0.1) is 11.4 Å². The summed E-state index contributed by atoms with van der Waals surface area (Å²) in [6.07, 6.45) is 15.9. The van der Waals surface area contributed by atoms with Crippen LogP contribution in [0.1, 0.15) is 117 Å². The Kier molecular flexibility index (Phi) is 22.6. The Morgan fingerprint density at radius 1 is 0.692 bits per heavy atom. The average molecular weight is 417 g/mol. The summed E-state index contributed by atoms with van der Waals surface area (Å²) in [6, 6.07) is 0. The molecule has 152 valence electrons. The maximum Gasteiger partial charge on any atom is 1.00 e. The van der Waals surface area contributed by atoms with Crippen LogP contribution >= 0.6 is 0 Å². The van der Waals surface area contributed by atoms with Crippen LogP contribution in [0.5, 0.6) is 0 Å². The van der Waals surface area contributed by atoms with E-state index in [1.807, 2.05) is 6.92 Å². The molecule has 0 radical (unpaired) electrons. The van der Waals surface area contributed by atoms with Crippen LogP contribution in [-0.2, 0) is 10.1 Å². The molecule has 26 heavy (non-hydrogen) atoms. The van der Waals surface area contributed by atoms with E-state index in [4.69, 9.17) is 0 Å². The van der Waals surface area contributed by atoms with Crippen LogP contribution in [0.25, 0.3) is 0 Å². The van der Waals surface area contributed by atoms with Crippen molar-refractivity contribution in [1.29, 1.82) is 0 Å². The van der Waals surface area contributed by atoms with Gasteiger partial charge in [-0.05, 0) is 12.8 Å². The average Bonchev–Trinajstić information content (AvgIpc) is 2.55. The molecule has 0 saturated heterocycles. The second-order valence-electron chi connectivity index (χ2n) is 7.42. The van der Waals surface area contributed by atoms with Crippen molar-refractivity contribution in [3.63, 3.8) is 0 Å². The molecule has 0 saturated carbocycles. The molecule has 0 aliphatic rings. The smallest absolute Gasteiger partial charge is 0.748 e. The summed E-state index contributed by atoms with van der Waals surface area (Å²) in [5, 5.41) is 8.85. The summed E-state index contributed by atoms with van der Waals surface area (Å²) < 4.78 is 34.1. The largest absolute Gasteiger partial charge is 1.00 e. The zero-order valence-electron chi connectivity index (χ0n) is 17.5. The van der Waals surface area contributed by atoms with Gasteiger partial charge < -0.3 is 9.66 Å². The normalized spacial score (nSPS) is 14.0. The summed E-state index contributed by atoms with van der Waals surface area (Å²) in [5.41, 5.74) is 0. The van der Waals surface area contributed by atoms with E-state index in [-0.39, 0.29) is 51.4 Å². The van der Waals surface area contributed by atoms with E-state index in [1.54, 1.807) is 0 Å². The number of rotatable bonds is 18. The topological polar surface area (TPSA) is 77.4 Å². The summed E-state index contributed by atoms with van der Waals surface area (Å²) in [5.74, 6) is 0. The molecular weight excluding hydrogens is 375 g/mol. The summed E-state index contributed by atoms with van der Waals surface area (Å²) in [7, 11) is -4.41. The Balaban J connectivity index is 0. The Morgan fingerprint density at radius 2 is 1.08 bits per heavy atom. The van der Waals surface area contributed by atoms with E-state index in [0.29, 0.717) is 19.3 Å². The molecule has 0 amide bonds. The van der Waals surface area contributed by atoms with Crippen LogP contribution in [0.2, 0.25) is 0 Å². The van der Waals surface area contributed by atoms with Gasteiger partial charge in [-0.25, -0.2) is 8.42 Å². The van der Waals surface area contributed by atoms with Gasteiger partial charge in [0, 0.05) is 0 Å². The van der Waals surface area contributed by atoms with Crippen molar-refractivity contribution in [2.45, 2.75) is 128 Å². The third-order valence-corrected chi connectivity index (χ3v) is 6.29. The minimum Gasteiger partial charge on any atom is -0.748 e. The molecule has 0 bridgehead atoms. The number of aliphatic hydroxyl groups is 1. The van der Waals surface area contributed by atoms with Crippen LogP contribution in [0.15, 0.2) is 0 Å². The van der Waals surface area contributed by atoms with E-state index in [9.17, 15) is 18.1 Å². The SMILES string of the molecule is CCCCCCCCCCCCCCC(C(O)CCCC)S(=O)(=O)[O-].[K+]. The van der Waals surface area contributed by atoms with Crippen LogP contribution in [0.3, 0.4) is 0 Å². The third kappa shape index (κ3) is 17.6. The summed E-state index contributed by atoms with van der Waals surface area (Å²) in [4.78, 5) is 0. The molecule has 0 aliphatic carbocycles. The van der Waals surface area contributed by atoms with Crippen molar-refractivity contribution >= 4 is 10.1 Å². The summed E-state index contributed by atoms with van der Waals surface area (Å²) in [6.45, 7) is 4.22. The standard InChI is InChI=1S/C20H42O4S.K/c1-3-5-7-8-9-10-11-12-13-14-15-16-18-20(25(22,23)24)19(21)17-6-4-2;/h19-21H,3-18H2,1-2H3,(H,22,23,24);/q;+1/p-1. The maximum atomic E-state index is 11.4. The Hall–Kier alpha value is 1.51. The van der Waals surface area contributed by atoms with E-state index in [1.165, 1.54) is 57.8 Å². The van der Waals surface area contributed by atoms with Crippen molar-refractivity contribution in [2.75, 3.05) is 0 Å². The fourth-order valence-corrected chi connectivity index (χ4v) is 4.29. The predicted molar refractivity (Wildman–Crippen MR) is 105 cm³/mol. The fourth-order valence-electron chi connectivity index (χ4n) is 3.31. The van der Waals surface area contributed by atoms with Gasteiger partial charge in [0.2, 0.25) is 0 Å². The first-order chi connectivity index (χ1) is 11.9. The first-order valence-electron chi connectivity index (χ1n) is 10.6. The minimum atomic E-state index is -4.41. The first-order valence-corrected chi connectivity index (χ1v) is 12.0. The van der Waals surface area contributed by atoms with E-state index >= 15 is 0 Å². The predicted octanol–water partition coefficient (Wildman–Crippen LogP) is 2.55. The number of hydrogen-bond acceptors (Lipinski definition) is 4. The number of aliphatic hydroxyl groups excluding tert-OH is 1. The molecule has 1 N–H and O–H groups in total. The Bertz CT molecular complexity index is 387. The second kappa shape index (κ2) is 19.8. The molecule has 2 unspecified atom stereocenters. The van der Waals surface area contributed by atoms with Crippen LogP contribution < -0.4 is 51.4 Å². The van der Waals surface area contributed by atoms with Crippen molar-refractivity contribution in [2.24, 2.45) is 0 Å². The quantitative estimate of drug-likeness (QED) is 0.212. The van der Waals surface area contributed by atoms with Crippen LogP contribution in [0.4, 0.5) is 0 Å². The van der Waals surface area contributed by atoms with Crippen LogP contribution in [-0.4, -0.2) is 29.4 Å². The number of hydrogen-bond donors (Lipinski definition) is 1. The molecule has 0 aromatic rings. The molecular formula is C20H41KO4S. The van der Waals surface area contributed by atoms with Gasteiger partial charge in [0.1, 0.15) is 10.1 Å². The van der Waals surface area contributed by atoms with Gasteiger partial charge in [-0.2, -0.15) is 0 Å². The fraction of sp³-hybridized carbons (Fsp3) is 1.00. The Morgan fingerprint density at radius 3 is 1.46 bits per heavy atom. The van der Waals surface area contributed by atoms with Crippen molar-refractivity contribution < 1.29 is 69.5 Å². The summed E-state index contributed by atoms with van der Waals surface area (Å²) >= 11 is 0. The second-order valence-corrected chi connectivity index (χ2v) is 9.01. The molecule has 4 nitrogen and oxygen atoms in total. The number of unbranched alkanes of at least 4 members (excludes halogenated alkanes) is 12. The molecule has 0 aromatic heterocycles. The van der Waals surface area contributed by atoms with Crippen molar-refractivity contribution in [1.82, 2.24) is 0 Å². The molecule has 2 atom stereocenters. The van der Waals surface area contributed by atoms with Gasteiger partial charge in [0.15, 0.2) is 0 Å². The molecule has 0 spiro atoms. The van der Waals surface area contributed by atoms with Gasteiger partial charge in [-0.3, -0.25) is 0 Å². The Labute approximate surface area is 205 Å². The molecule has 0 fully saturated rings. The van der Waals surface area contributed by atoms with Gasteiger partial charge in [-0.15, -0.1) is 0 Å². The van der Waals surface area contributed by atoms with Crippen LogP contribution in [0, 0.1) is 0 Å². The minimum absolute atomic E-state index is 0. The molecule has 0 aliphatic heterocycles. The van der Waals surface area contributed by atoms with Gasteiger partial charge in [-0.1, -0.05) is 104 Å². The molecule has 0 heterocycles.